The van der Waals surface area contributed by atoms with E-state index in [1.807, 2.05) is 42.0 Å². The summed E-state index contributed by atoms with van der Waals surface area (Å²) in [6, 6.07) is 7.75. The molecular formula is C12H13N3O. The van der Waals surface area contributed by atoms with Crippen LogP contribution in [0.2, 0.25) is 0 Å². The minimum Gasteiger partial charge on any atom is -0.333 e. The van der Waals surface area contributed by atoms with Gasteiger partial charge in [-0.1, -0.05) is 12.1 Å². The monoisotopic (exact) mass is 215 g/mol. The fourth-order valence-electron chi connectivity index (χ4n) is 1.60. The summed E-state index contributed by atoms with van der Waals surface area (Å²) >= 11 is 0. The fourth-order valence-corrected chi connectivity index (χ4v) is 1.60. The van der Waals surface area contributed by atoms with E-state index in [9.17, 15) is 4.79 Å². The lowest BCUT2D eigenvalue weighted by atomic mass is 10.2. The normalized spacial score (nSPS) is 10.1. The van der Waals surface area contributed by atoms with E-state index in [-0.39, 0.29) is 0 Å². The Bertz CT molecular complexity index is 491. The van der Waals surface area contributed by atoms with Crippen LogP contribution in [0.15, 0.2) is 36.8 Å². The van der Waals surface area contributed by atoms with Gasteiger partial charge >= 0.3 is 0 Å². The van der Waals surface area contributed by atoms with Gasteiger partial charge in [-0.15, -0.1) is 0 Å². The minimum atomic E-state index is 0.681. The summed E-state index contributed by atoms with van der Waals surface area (Å²) in [6.07, 6.45) is 4.47. The molecule has 0 atom stereocenters. The first kappa shape index (κ1) is 10.4. The molecule has 16 heavy (non-hydrogen) atoms. The van der Waals surface area contributed by atoms with Gasteiger partial charge in [-0.25, -0.2) is 4.98 Å². The molecule has 0 aliphatic heterocycles. The van der Waals surface area contributed by atoms with Gasteiger partial charge in [-0.05, 0) is 24.6 Å². The van der Waals surface area contributed by atoms with Crippen molar-refractivity contribution in [2.75, 3.05) is 5.32 Å². The van der Waals surface area contributed by atoms with Crippen molar-refractivity contribution in [1.29, 1.82) is 0 Å². The molecule has 2 rings (SSSR count). The molecule has 0 aliphatic carbocycles. The van der Waals surface area contributed by atoms with Gasteiger partial charge in [0.15, 0.2) is 0 Å². The highest BCUT2D eigenvalue weighted by Crippen LogP contribution is 2.11. The number of imidazole rings is 1. The van der Waals surface area contributed by atoms with Crippen LogP contribution >= 0.6 is 0 Å². The molecule has 4 heteroatoms. The second kappa shape index (κ2) is 4.61. The molecule has 1 amide bonds. The van der Waals surface area contributed by atoms with Gasteiger partial charge in [-0.3, -0.25) is 4.79 Å². The number of carbonyl (C=O) groups is 1. The van der Waals surface area contributed by atoms with Gasteiger partial charge in [0.25, 0.3) is 0 Å². The predicted octanol–water partition coefficient (Wildman–Crippen LogP) is 1.81. The molecular weight excluding hydrogens is 202 g/mol. The largest absolute Gasteiger partial charge is 0.333 e. The summed E-state index contributed by atoms with van der Waals surface area (Å²) in [5.74, 6) is 0. The summed E-state index contributed by atoms with van der Waals surface area (Å²) in [6.45, 7) is 2.72. The van der Waals surface area contributed by atoms with Crippen molar-refractivity contribution in [3.05, 3.63) is 48.0 Å². The van der Waals surface area contributed by atoms with E-state index in [2.05, 4.69) is 10.3 Å². The van der Waals surface area contributed by atoms with Crippen LogP contribution in [0.25, 0.3) is 0 Å². The number of rotatable bonds is 4. The van der Waals surface area contributed by atoms with Gasteiger partial charge < -0.3 is 9.88 Å². The highest BCUT2D eigenvalue weighted by atomic mass is 16.1. The van der Waals surface area contributed by atoms with Crippen molar-refractivity contribution < 1.29 is 4.79 Å². The highest BCUT2D eigenvalue weighted by Gasteiger charge is 1.97. The van der Waals surface area contributed by atoms with Crippen molar-refractivity contribution in [3.63, 3.8) is 0 Å². The van der Waals surface area contributed by atoms with Gasteiger partial charge in [0.2, 0.25) is 6.41 Å². The van der Waals surface area contributed by atoms with E-state index < -0.39 is 0 Å². The molecule has 2 aromatic rings. The average Bonchev–Trinajstić information content (AvgIpc) is 2.65. The van der Waals surface area contributed by atoms with Crippen LogP contribution in [0.3, 0.4) is 0 Å². The smallest absolute Gasteiger partial charge is 0.211 e. The summed E-state index contributed by atoms with van der Waals surface area (Å²) < 4.78 is 2.01. The molecule has 82 valence electrons. The summed E-state index contributed by atoms with van der Waals surface area (Å²) in [4.78, 5) is 14.5. The molecule has 1 heterocycles. The minimum absolute atomic E-state index is 0.681. The maximum atomic E-state index is 10.3. The number of amides is 1. The number of anilines is 1. The standard InChI is InChI=1S/C12H13N3O/c1-10-6-15(8-13-10)7-11-3-2-4-12(5-11)14-9-16/h2-6,8-9H,7H2,1H3,(H,14,16). The zero-order chi connectivity index (χ0) is 11.4. The number of hydrogen-bond donors (Lipinski definition) is 1. The topological polar surface area (TPSA) is 46.9 Å². The Morgan fingerprint density at radius 2 is 2.38 bits per heavy atom. The van der Waals surface area contributed by atoms with Crippen molar-refractivity contribution >= 4 is 12.1 Å². The van der Waals surface area contributed by atoms with Crippen molar-refractivity contribution in [2.45, 2.75) is 13.5 Å². The number of benzene rings is 1. The van der Waals surface area contributed by atoms with E-state index >= 15 is 0 Å². The molecule has 0 saturated carbocycles. The van der Waals surface area contributed by atoms with Crippen LogP contribution in [0.1, 0.15) is 11.3 Å². The first-order valence-corrected chi connectivity index (χ1v) is 5.05. The Kier molecular flexibility index (Phi) is 3.00. The molecule has 4 nitrogen and oxygen atoms in total. The lowest BCUT2D eigenvalue weighted by molar-refractivity contribution is -0.105. The lowest BCUT2D eigenvalue weighted by Crippen LogP contribution is -1.98. The Hall–Kier alpha value is -2.10. The molecule has 1 N–H and O–H groups in total. The van der Waals surface area contributed by atoms with Crippen molar-refractivity contribution in [3.8, 4) is 0 Å². The van der Waals surface area contributed by atoms with E-state index in [0.717, 1.165) is 23.5 Å². The molecule has 1 aromatic heterocycles. The molecule has 0 unspecified atom stereocenters. The number of hydrogen-bond acceptors (Lipinski definition) is 2. The maximum Gasteiger partial charge on any atom is 0.211 e. The van der Waals surface area contributed by atoms with E-state index in [0.29, 0.717) is 6.41 Å². The quantitative estimate of drug-likeness (QED) is 0.790. The molecule has 0 fully saturated rings. The molecule has 0 bridgehead atoms. The second-order valence-electron chi connectivity index (χ2n) is 3.65. The third kappa shape index (κ3) is 2.48. The Morgan fingerprint density at radius 3 is 3.06 bits per heavy atom. The Morgan fingerprint density at radius 1 is 1.50 bits per heavy atom. The fraction of sp³-hybridized carbons (Fsp3) is 0.167. The first-order valence-electron chi connectivity index (χ1n) is 5.05. The van der Waals surface area contributed by atoms with Crippen LogP contribution in [0, 0.1) is 6.92 Å². The number of nitrogens with one attached hydrogen (secondary N) is 1. The lowest BCUT2D eigenvalue weighted by Gasteiger charge is -2.04. The van der Waals surface area contributed by atoms with Gasteiger partial charge in [0, 0.05) is 18.4 Å². The van der Waals surface area contributed by atoms with E-state index in [1.165, 1.54) is 0 Å². The number of nitrogens with zero attached hydrogens (tertiary/aromatic N) is 2. The van der Waals surface area contributed by atoms with Crippen LogP contribution in [0.4, 0.5) is 5.69 Å². The Balaban J connectivity index is 2.14. The highest BCUT2D eigenvalue weighted by molar-refractivity contribution is 5.71. The summed E-state index contributed by atoms with van der Waals surface area (Å²) in [5, 5.41) is 2.63. The second-order valence-corrected chi connectivity index (χ2v) is 3.65. The Labute approximate surface area is 93.9 Å². The third-order valence-corrected chi connectivity index (χ3v) is 2.28. The van der Waals surface area contributed by atoms with Crippen LogP contribution in [-0.2, 0) is 11.3 Å². The van der Waals surface area contributed by atoms with Crippen LogP contribution in [0.5, 0.6) is 0 Å². The average molecular weight is 215 g/mol. The molecule has 0 spiro atoms. The zero-order valence-electron chi connectivity index (χ0n) is 9.05. The zero-order valence-corrected chi connectivity index (χ0v) is 9.05. The molecule has 0 saturated heterocycles. The van der Waals surface area contributed by atoms with Gasteiger partial charge in [0.05, 0.1) is 12.0 Å². The number of aromatic nitrogens is 2. The SMILES string of the molecule is Cc1cn(Cc2cccc(NC=O)c2)cn1. The summed E-state index contributed by atoms with van der Waals surface area (Å²) in [5.41, 5.74) is 2.94. The van der Waals surface area contributed by atoms with Crippen molar-refractivity contribution in [2.24, 2.45) is 0 Å². The first-order chi connectivity index (χ1) is 7.78. The van der Waals surface area contributed by atoms with E-state index in [1.54, 1.807) is 6.33 Å². The van der Waals surface area contributed by atoms with Gasteiger partial charge in [-0.2, -0.15) is 0 Å². The molecule has 0 radical (unpaired) electrons. The maximum absolute atomic E-state index is 10.3. The number of aryl methyl sites for hydroxylation is 1. The molecule has 0 aliphatic rings. The third-order valence-electron chi connectivity index (χ3n) is 2.28. The number of carbonyl (C=O) groups excluding carboxylic acids is 1. The summed E-state index contributed by atoms with van der Waals surface area (Å²) in [7, 11) is 0. The van der Waals surface area contributed by atoms with Gasteiger partial charge in [0.1, 0.15) is 0 Å². The molecule has 1 aromatic carbocycles. The van der Waals surface area contributed by atoms with Crippen molar-refractivity contribution in [1.82, 2.24) is 9.55 Å². The van der Waals surface area contributed by atoms with Crippen LogP contribution < -0.4 is 5.32 Å². The van der Waals surface area contributed by atoms with Crippen LogP contribution in [-0.4, -0.2) is 16.0 Å². The van der Waals surface area contributed by atoms with E-state index in [4.69, 9.17) is 0 Å². The predicted molar refractivity (Wildman–Crippen MR) is 62.2 cm³/mol.